The minimum Gasteiger partial charge on any atom is -0.206 e. The number of nitriles is 1. The Kier molecular flexibility index (Phi) is 5.99. The van der Waals surface area contributed by atoms with Gasteiger partial charge in [0, 0.05) is 0 Å². The summed E-state index contributed by atoms with van der Waals surface area (Å²) in [6.45, 7) is 2.17. The van der Waals surface area contributed by atoms with Gasteiger partial charge in [0.15, 0.2) is 0 Å². The fourth-order valence-corrected chi connectivity index (χ4v) is 3.28. The van der Waals surface area contributed by atoms with E-state index in [-0.39, 0.29) is 11.4 Å². The normalized spacial score (nSPS) is 22.3. The van der Waals surface area contributed by atoms with Gasteiger partial charge < -0.3 is 0 Å². The van der Waals surface area contributed by atoms with Crippen molar-refractivity contribution in [3.63, 3.8) is 0 Å². The Morgan fingerprint density at radius 3 is 2.62 bits per heavy atom. The maximum atomic E-state index is 13.7. The average Bonchev–Trinajstić information content (AvgIpc) is 2.52. The highest BCUT2D eigenvalue weighted by Gasteiger charge is 2.22. The summed E-state index contributed by atoms with van der Waals surface area (Å²) in [5, 5.41) is 8.78. The van der Waals surface area contributed by atoms with Crippen LogP contribution in [0.3, 0.4) is 0 Å². The molecule has 0 spiro atoms. The van der Waals surface area contributed by atoms with Crippen LogP contribution in [-0.4, -0.2) is 0 Å². The Morgan fingerprint density at radius 1 is 1.24 bits per heavy atom. The van der Waals surface area contributed by atoms with Crippen molar-refractivity contribution in [2.75, 3.05) is 0 Å². The smallest absolute Gasteiger partial charge is 0.141 e. The van der Waals surface area contributed by atoms with Crippen LogP contribution in [0.5, 0.6) is 0 Å². The molecule has 2 rings (SSSR count). The maximum absolute atomic E-state index is 13.7. The van der Waals surface area contributed by atoms with Crippen LogP contribution in [0.25, 0.3) is 0 Å². The van der Waals surface area contributed by atoms with Crippen LogP contribution in [0.2, 0.25) is 0 Å². The SMILES string of the molecule is CCC=CCC[C@H]1CC[C@H](c2ccc(C#N)c(F)c2)CC1. The molecule has 1 aromatic carbocycles. The Hall–Kier alpha value is -1.62. The minimum absolute atomic E-state index is 0.148. The number of halogens is 1. The number of allylic oxidation sites excluding steroid dienone is 2. The van der Waals surface area contributed by atoms with E-state index >= 15 is 0 Å². The lowest BCUT2D eigenvalue weighted by molar-refractivity contribution is 0.311. The number of nitrogens with zero attached hydrogens (tertiary/aromatic N) is 1. The zero-order chi connectivity index (χ0) is 15.1. The lowest BCUT2D eigenvalue weighted by Crippen LogP contribution is -2.13. The molecule has 112 valence electrons. The molecule has 0 radical (unpaired) electrons. The van der Waals surface area contributed by atoms with Gasteiger partial charge in [0.1, 0.15) is 11.9 Å². The lowest BCUT2D eigenvalue weighted by Gasteiger charge is -2.28. The number of hydrogen-bond acceptors (Lipinski definition) is 1. The molecule has 0 N–H and O–H groups in total. The molecule has 1 nitrogen and oxygen atoms in total. The van der Waals surface area contributed by atoms with Gasteiger partial charge in [-0.25, -0.2) is 4.39 Å². The van der Waals surface area contributed by atoms with Crippen LogP contribution in [0.1, 0.15) is 68.9 Å². The van der Waals surface area contributed by atoms with E-state index in [1.807, 2.05) is 12.1 Å². The summed E-state index contributed by atoms with van der Waals surface area (Å²) in [7, 11) is 0. The Labute approximate surface area is 127 Å². The van der Waals surface area contributed by atoms with Crippen LogP contribution in [0, 0.1) is 23.1 Å². The molecule has 0 atom stereocenters. The van der Waals surface area contributed by atoms with E-state index in [4.69, 9.17) is 5.26 Å². The third-order valence-corrected chi connectivity index (χ3v) is 4.58. The summed E-state index contributed by atoms with van der Waals surface area (Å²) in [6, 6.07) is 6.99. The highest BCUT2D eigenvalue weighted by molar-refractivity contribution is 5.34. The van der Waals surface area contributed by atoms with E-state index in [2.05, 4.69) is 19.1 Å². The first-order valence-corrected chi connectivity index (χ1v) is 8.09. The summed E-state index contributed by atoms with van der Waals surface area (Å²) in [4.78, 5) is 0. The fraction of sp³-hybridized carbons (Fsp3) is 0.526. The third-order valence-electron chi connectivity index (χ3n) is 4.58. The van der Waals surface area contributed by atoms with Crippen LogP contribution in [0.4, 0.5) is 4.39 Å². The van der Waals surface area contributed by atoms with Gasteiger partial charge in [-0.1, -0.05) is 25.1 Å². The zero-order valence-corrected chi connectivity index (χ0v) is 12.8. The number of rotatable bonds is 5. The van der Waals surface area contributed by atoms with Crippen molar-refractivity contribution in [3.05, 3.63) is 47.3 Å². The Balaban J connectivity index is 1.85. The molecule has 0 aromatic heterocycles. The van der Waals surface area contributed by atoms with Crippen molar-refractivity contribution >= 4 is 0 Å². The van der Waals surface area contributed by atoms with Gasteiger partial charge >= 0.3 is 0 Å². The van der Waals surface area contributed by atoms with Crippen molar-refractivity contribution < 1.29 is 4.39 Å². The molecule has 1 saturated carbocycles. The van der Waals surface area contributed by atoms with Gasteiger partial charge in [-0.2, -0.15) is 5.26 Å². The van der Waals surface area contributed by atoms with Gasteiger partial charge in [-0.05, 0) is 74.5 Å². The topological polar surface area (TPSA) is 23.8 Å². The molecule has 1 aromatic rings. The van der Waals surface area contributed by atoms with E-state index in [1.54, 1.807) is 12.1 Å². The predicted molar refractivity (Wildman–Crippen MR) is 84.5 cm³/mol. The summed E-state index contributed by atoms with van der Waals surface area (Å²) in [5.41, 5.74) is 1.21. The van der Waals surface area contributed by atoms with Crippen molar-refractivity contribution in [2.24, 2.45) is 5.92 Å². The fourth-order valence-electron chi connectivity index (χ4n) is 3.28. The molecule has 21 heavy (non-hydrogen) atoms. The Morgan fingerprint density at radius 2 is 2.00 bits per heavy atom. The quantitative estimate of drug-likeness (QED) is 0.635. The summed E-state index contributed by atoms with van der Waals surface area (Å²) in [5.74, 6) is 0.919. The lowest BCUT2D eigenvalue weighted by atomic mass is 9.77. The standard InChI is InChI=1S/C19H24FN/c1-2-3-4-5-6-15-7-9-16(10-8-15)17-11-12-18(14-21)19(20)13-17/h3-4,11-13,15-16H,2,5-10H2,1H3/t15-,16-. The first-order valence-electron chi connectivity index (χ1n) is 8.09. The third kappa shape index (κ3) is 4.43. The first-order chi connectivity index (χ1) is 10.2. The van der Waals surface area contributed by atoms with E-state index < -0.39 is 0 Å². The van der Waals surface area contributed by atoms with Gasteiger partial charge in [0.2, 0.25) is 0 Å². The van der Waals surface area contributed by atoms with Crippen molar-refractivity contribution in [1.29, 1.82) is 5.26 Å². The molecular weight excluding hydrogens is 261 g/mol. The van der Waals surface area contributed by atoms with Crippen LogP contribution in [-0.2, 0) is 0 Å². The molecular formula is C19H24FN. The zero-order valence-electron chi connectivity index (χ0n) is 12.8. The van der Waals surface area contributed by atoms with Gasteiger partial charge in [-0.3, -0.25) is 0 Å². The number of hydrogen-bond donors (Lipinski definition) is 0. The van der Waals surface area contributed by atoms with Crippen LogP contribution >= 0.6 is 0 Å². The van der Waals surface area contributed by atoms with Crippen molar-refractivity contribution in [1.82, 2.24) is 0 Å². The second-order valence-electron chi connectivity index (χ2n) is 6.03. The average molecular weight is 285 g/mol. The van der Waals surface area contributed by atoms with Gasteiger partial charge in [0.25, 0.3) is 0 Å². The summed E-state index contributed by atoms with van der Waals surface area (Å²) >= 11 is 0. The van der Waals surface area contributed by atoms with E-state index in [0.717, 1.165) is 30.7 Å². The summed E-state index contributed by atoms with van der Waals surface area (Å²) < 4.78 is 13.7. The summed E-state index contributed by atoms with van der Waals surface area (Å²) in [6.07, 6.45) is 12.9. The molecule has 0 unspecified atom stereocenters. The largest absolute Gasteiger partial charge is 0.206 e. The minimum atomic E-state index is -0.373. The highest BCUT2D eigenvalue weighted by Crippen LogP contribution is 2.37. The molecule has 0 amide bonds. The molecule has 2 heteroatoms. The number of benzene rings is 1. The molecule has 0 bridgehead atoms. The van der Waals surface area contributed by atoms with Crippen LogP contribution in [0.15, 0.2) is 30.4 Å². The monoisotopic (exact) mass is 285 g/mol. The van der Waals surface area contributed by atoms with E-state index in [1.165, 1.54) is 25.7 Å². The maximum Gasteiger partial charge on any atom is 0.141 e. The van der Waals surface area contributed by atoms with Crippen LogP contribution < -0.4 is 0 Å². The predicted octanol–water partition coefficient (Wildman–Crippen LogP) is 5.72. The van der Waals surface area contributed by atoms with Gasteiger partial charge in [-0.15, -0.1) is 0 Å². The Bertz CT molecular complexity index is 519. The highest BCUT2D eigenvalue weighted by atomic mass is 19.1. The van der Waals surface area contributed by atoms with E-state index in [9.17, 15) is 4.39 Å². The van der Waals surface area contributed by atoms with Crippen molar-refractivity contribution in [2.45, 2.75) is 57.8 Å². The first kappa shape index (κ1) is 15.8. The molecule has 1 aliphatic carbocycles. The van der Waals surface area contributed by atoms with Gasteiger partial charge in [0.05, 0.1) is 5.56 Å². The van der Waals surface area contributed by atoms with E-state index in [0.29, 0.717) is 5.92 Å². The molecule has 1 aliphatic rings. The molecule has 0 heterocycles. The molecule has 0 saturated heterocycles. The second kappa shape index (κ2) is 7.98. The molecule has 1 fully saturated rings. The van der Waals surface area contributed by atoms with Crippen molar-refractivity contribution in [3.8, 4) is 6.07 Å². The second-order valence-corrected chi connectivity index (χ2v) is 6.03. The molecule has 0 aliphatic heterocycles.